The third-order valence-electron chi connectivity index (χ3n) is 7.21. The molecule has 0 radical (unpaired) electrons. The Morgan fingerprint density at radius 1 is 1.29 bits per heavy atom. The molecule has 0 aromatic carbocycles. The van der Waals surface area contributed by atoms with Crippen molar-refractivity contribution in [2.24, 2.45) is 17.9 Å². The van der Waals surface area contributed by atoms with Gasteiger partial charge in [0.25, 0.3) is 0 Å². The smallest absolute Gasteiger partial charge is 0.311 e. The summed E-state index contributed by atoms with van der Waals surface area (Å²) in [5.41, 5.74) is 3.38. The van der Waals surface area contributed by atoms with E-state index in [-0.39, 0.29) is 22.9 Å². The maximum absolute atomic E-state index is 11.9. The normalized spacial score (nSPS) is 29.1. The molecule has 0 N–H and O–H groups in total. The van der Waals surface area contributed by atoms with Crippen molar-refractivity contribution in [2.45, 2.75) is 58.0 Å². The predicted octanol–water partition coefficient (Wildman–Crippen LogP) is 3.02. The van der Waals surface area contributed by atoms with E-state index in [1.54, 1.807) is 0 Å². The van der Waals surface area contributed by atoms with Crippen molar-refractivity contribution in [3.8, 4) is 17.1 Å². The van der Waals surface area contributed by atoms with E-state index in [4.69, 9.17) is 19.2 Å². The van der Waals surface area contributed by atoms with Gasteiger partial charge in [0.05, 0.1) is 42.3 Å². The van der Waals surface area contributed by atoms with Crippen LogP contribution in [0.5, 0.6) is 5.75 Å². The first-order valence-electron chi connectivity index (χ1n) is 11.1. The average molecular weight is 427 g/mol. The first-order chi connectivity index (χ1) is 14.9. The zero-order valence-electron chi connectivity index (χ0n) is 18.5. The van der Waals surface area contributed by atoms with Gasteiger partial charge >= 0.3 is 5.97 Å². The largest absolute Gasteiger partial charge is 0.491 e. The van der Waals surface area contributed by atoms with Gasteiger partial charge in [0.1, 0.15) is 11.4 Å². The standard InChI is InChI=1S/C23H30N4O4/c1-15-19(31-14-22-11-23(12-22,13-22)21(28)29-3)8-7-17(24-15)20-18(27(2)26-25-20)10-16-6-4-5-9-30-16/h7-8,16H,4-6,9-14H2,1-3H3. The minimum atomic E-state index is -0.236. The van der Waals surface area contributed by atoms with Gasteiger partial charge in [-0.1, -0.05) is 5.21 Å². The van der Waals surface area contributed by atoms with E-state index in [1.807, 2.05) is 30.8 Å². The van der Waals surface area contributed by atoms with Crippen molar-refractivity contribution < 1.29 is 19.0 Å². The van der Waals surface area contributed by atoms with Gasteiger partial charge in [-0.25, -0.2) is 4.98 Å². The van der Waals surface area contributed by atoms with Crippen LogP contribution in [0.3, 0.4) is 0 Å². The Morgan fingerprint density at radius 3 is 2.77 bits per heavy atom. The van der Waals surface area contributed by atoms with Crippen LogP contribution in [0.4, 0.5) is 0 Å². The summed E-state index contributed by atoms with van der Waals surface area (Å²) in [4.78, 5) is 16.6. The lowest BCUT2D eigenvalue weighted by molar-refractivity contribution is -0.233. The summed E-state index contributed by atoms with van der Waals surface area (Å²) in [6, 6.07) is 3.92. The molecular weight excluding hydrogens is 396 g/mol. The van der Waals surface area contributed by atoms with Crippen molar-refractivity contribution in [3.63, 3.8) is 0 Å². The lowest BCUT2D eigenvalue weighted by Crippen LogP contribution is -2.67. The second kappa shape index (κ2) is 7.58. The number of rotatable bonds is 7. The Hall–Kier alpha value is -2.48. The lowest BCUT2D eigenvalue weighted by Gasteiger charge is -2.68. The van der Waals surface area contributed by atoms with Gasteiger partial charge < -0.3 is 14.2 Å². The van der Waals surface area contributed by atoms with E-state index in [0.29, 0.717) is 6.61 Å². The lowest BCUT2D eigenvalue weighted by atomic mass is 9.35. The molecule has 3 heterocycles. The molecule has 0 amide bonds. The first-order valence-corrected chi connectivity index (χ1v) is 11.1. The van der Waals surface area contributed by atoms with Gasteiger partial charge in [-0.2, -0.15) is 0 Å². The number of nitrogens with zero attached hydrogens (tertiary/aromatic N) is 4. The van der Waals surface area contributed by atoms with Crippen LogP contribution in [0.1, 0.15) is 49.9 Å². The minimum absolute atomic E-state index is 0.0741. The predicted molar refractivity (Wildman–Crippen MR) is 112 cm³/mol. The molecule has 8 heteroatoms. The van der Waals surface area contributed by atoms with E-state index < -0.39 is 0 Å². The van der Waals surface area contributed by atoms with Crippen molar-refractivity contribution in [1.29, 1.82) is 0 Å². The molecule has 3 aliphatic carbocycles. The fourth-order valence-electron chi connectivity index (χ4n) is 5.64. The number of aromatic nitrogens is 4. The molecule has 1 unspecified atom stereocenters. The van der Waals surface area contributed by atoms with Crippen molar-refractivity contribution >= 4 is 5.97 Å². The van der Waals surface area contributed by atoms with Gasteiger partial charge in [0.15, 0.2) is 0 Å². The second-order valence-electron chi connectivity index (χ2n) is 9.57. The van der Waals surface area contributed by atoms with Gasteiger partial charge in [0, 0.05) is 25.5 Å². The number of methoxy groups -OCH3 is 1. The molecule has 1 atom stereocenters. The van der Waals surface area contributed by atoms with Crippen molar-refractivity contribution in [3.05, 3.63) is 23.5 Å². The zero-order valence-corrected chi connectivity index (χ0v) is 18.5. The number of carbonyl (C=O) groups excluding carboxylic acids is 1. The Bertz CT molecular complexity index is 976. The maximum atomic E-state index is 11.9. The first kappa shape index (κ1) is 20.4. The minimum Gasteiger partial charge on any atom is -0.491 e. The van der Waals surface area contributed by atoms with E-state index in [9.17, 15) is 4.79 Å². The zero-order chi connectivity index (χ0) is 21.6. The molecule has 166 valence electrons. The molecule has 0 spiro atoms. The summed E-state index contributed by atoms with van der Waals surface area (Å²) >= 11 is 0. The molecule has 3 saturated carbocycles. The van der Waals surface area contributed by atoms with Crippen molar-refractivity contribution in [2.75, 3.05) is 20.3 Å². The SMILES string of the molecule is COC(=O)C12CC(COc3ccc(-c4nnn(C)c4CC4CCCCO4)nc3C)(C1)C2. The molecule has 4 fully saturated rings. The van der Waals surface area contributed by atoms with Crippen molar-refractivity contribution in [1.82, 2.24) is 20.0 Å². The third kappa shape index (κ3) is 3.50. The second-order valence-corrected chi connectivity index (χ2v) is 9.57. The molecule has 2 aromatic rings. The van der Waals surface area contributed by atoms with Gasteiger partial charge in [-0.3, -0.25) is 9.48 Å². The molecule has 8 nitrogen and oxygen atoms in total. The maximum Gasteiger partial charge on any atom is 0.311 e. The summed E-state index contributed by atoms with van der Waals surface area (Å²) in [6.07, 6.45) is 7.02. The monoisotopic (exact) mass is 426 g/mol. The highest BCUT2D eigenvalue weighted by Gasteiger charge is 2.72. The molecule has 1 saturated heterocycles. The Morgan fingerprint density at radius 2 is 2.10 bits per heavy atom. The van der Waals surface area contributed by atoms with Crippen LogP contribution >= 0.6 is 0 Å². The number of aryl methyl sites for hydroxylation is 2. The van der Waals surface area contributed by atoms with Gasteiger partial charge in [-0.15, -0.1) is 5.10 Å². The molecular formula is C23H30N4O4. The summed E-state index contributed by atoms with van der Waals surface area (Å²) in [5.74, 6) is 0.705. The van der Waals surface area contributed by atoms with E-state index in [0.717, 1.165) is 73.7 Å². The molecule has 2 aromatic heterocycles. The number of hydrogen-bond acceptors (Lipinski definition) is 7. The average Bonchev–Trinajstić information content (AvgIpc) is 3.07. The van der Waals surface area contributed by atoms with Crippen LogP contribution in [0, 0.1) is 17.8 Å². The number of hydrogen-bond donors (Lipinski definition) is 0. The summed E-state index contributed by atoms with van der Waals surface area (Å²) in [5, 5.41) is 8.61. The van der Waals surface area contributed by atoms with Crippen LogP contribution in [0.25, 0.3) is 11.4 Å². The number of esters is 1. The highest BCUT2D eigenvalue weighted by atomic mass is 16.5. The van der Waals surface area contributed by atoms with Crippen LogP contribution in [-0.2, 0) is 27.7 Å². The Balaban J connectivity index is 1.25. The number of ether oxygens (including phenoxy) is 3. The molecule has 1 aliphatic heterocycles. The number of carbonyl (C=O) groups is 1. The topological polar surface area (TPSA) is 88.4 Å². The summed E-state index contributed by atoms with van der Waals surface area (Å²) in [7, 11) is 3.39. The summed E-state index contributed by atoms with van der Waals surface area (Å²) in [6.45, 7) is 3.40. The molecule has 4 aliphatic rings. The molecule has 6 rings (SSSR count). The van der Waals surface area contributed by atoms with E-state index in [1.165, 1.54) is 13.5 Å². The van der Waals surface area contributed by atoms with Crippen LogP contribution in [0.15, 0.2) is 12.1 Å². The molecule has 31 heavy (non-hydrogen) atoms. The Labute approximate surface area is 182 Å². The molecule has 2 bridgehead atoms. The summed E-state index contributed by atoms with van der Waals surface area (Å²) < 4.78 is 18.8. The highest BCUT2D eigenvalue weighted by molar-refractivity contribution is 5.81. The van der Waals surface area contributed by atoms with Crippen LogP contribution in [-0.4, -0.2) is 52.4 Å². The van der Waals surface area contributed by atoms with Crippen LogP contribution < -0.4 is 4.74 Å². The van der Waals surface area contributed by atoms with E-state index >= 15 is 0 Å². The quantitative estimate of drug-likeness (QED) is 0.629. The fraction of sp³-hybridized carbons (Fsp3) is 0.652. The van der Waals surface area contributed by atoms with Gasteiger partial charge in [-0.05, 0) is 57.6 Å². The van der Waals surface area contributed by atoms with E-state index in [2.05, 4.69) is 10.3 Å². The fourth-order valence-corrected chi connectivity index (χ4v) is 5.64. The number of pyridine rings is 1. The van der Waals surface area contributed by atoms with Crippen LogP contribution in [0.2, 0.25) is 0 Å². The van der Waals surface area contributed by atoms with Gasteiger partial charge in [0.2, 0.25) is 0 Å². The Kier molecular flexibility index (Phi) is 5.00. The highest BCUT2D eigenvalue weighted by Crippen LogP contribution is 2.73. The third-order valence-corrected chi connectivity index (χ3v) is 7.21.